The van der Waals surface area contributed by atoms with Crippen molar-refractivity contribution in [3.05, 3.63) is 0 Å². The quantitative estimate of drug-likeness (QED) is 0.632. The summed E-state index contributed by atoms with van der Waals surface area (Å²) < 4.78 is 48.3. The van der Waals surface area contributed by atoms with Crippen molar-refractivity contribution in [2.75, 3.05) is 0 Å². The normalized spacial score (nSPS) is 22.9. The van der Waals surface area contributed by atoms with Crippen LogP contribution in [0.5, 0.6) is 0 Å². The predicted molar refractivity (Wildman–Crippen MR) is 90.2 cm³/mol. The van der Waals surface area contributed by atoms with E-state index in [0.717, 1.165) is 0 Å². The molecule has 0 nitrogen and oxygen atoms in total. The molecule has 0 spiro atoms. The maximum atomic E-state index is 8.13. The summed E-state index contributed by atoms with van der Waals surface area (Å²) in [6, 6.07) is 0. The molecule has 0 bridgehead atoms. The number of hydrogen-bond donors (Lipinski definition) is 0. The summed E-state index contributed by atoms with van der Waals surface area (Å²) >= 11 is 0. The van der Waals surface area contributed by atoms with Gasteiger partial charge in [-0.2, -0.15) is 0 Å². The summed E-state index contributed by atoms with van der Waals surface area (Å²) in [5.41, 5.74) is 0. The molecule has 0 saturated carbocycles. The van der Waals surface area contributed by atoms with E-state index in [9.17, 15) is 0 Å². The van der Waals surface area contributed by atoms with E-state index in [0.29, 0.717) is 0 Å². The van der Waals surface area contributed by atoms with Crippen LogP contribution in [0.4, 0.5) is 0 Å². The third-order valence-electron chi connectivity index (χ3n) is 3.75. The molecule has 0 fully saturated rings. The molecule has 0 aromatic rings. The summed E-state index contributed by atoms with van der Waals surface area (Å²) in [5, 5.41) is 0. The van der Waals surface area contributed by atoms with Crippen LogP contribution in [0.25, 0.3) is 0 Å². The van der Waals surface area contributed by atoms with Crippen LogP contribution in [0.1, 0.15) is 8.22 Å². The van der Waals surface area contributed by atoms with Gasteiger partial charge in [0.15, 0.2) is 0 Å². The zero-order valence-corrected chi connectivity index (χ0v) is 16.5. The minimum absolute atomic E-state index is 0.409. The van der Waals surface area contributed by atoms with Crippen molar-refractivity contribution in [2.24, 2.45) is 0 Å². The van der Waals surface area contributed by atoms with Crippen molar-refractivity contribution in [2.45, 2.75) is 75.8 Å². The second-order valence-corrected chi connectivity index (χ2v) is 28.1. The average molecular weight is 296 g/mol. The fourth-order valence-corrected chi connectivity index (χ4v) is 40.5. The van der Waals surface area contributed by atoms with Crippen molar-refractivity contribution in [1.82, 2.24) is 0 Å². The SMILES string of the molecule is [2H]C([2H])([2H])[Si](C([2H])([2H])[2H])C([Si](C)(C)C)([Si](C)(C)C)[Si](C)(C)C. The van der Waals surface area contributed by atoms with Gasteiger partial charge in [-0.25, -0.2) is 0 Å². The molecule has 0 saturated heterocycles. The van der Waals surface area contributed by atoms with E-state index in [1.54, 1.807) is 0 Å². The van der Waals surface area contributed by atoms with Gasteiger partial charge < -0.3 is 0 Å². The first-order valence-electron chi connectivity index (χ1n) is 9.00. The van der Waals surface area contributed by atoms with E-state index in [-0.39, 0.29) is 0 Å². The molecule has 0 aliphatic carbocycles. The van der Waals surface area contributed by atoms with Gasteiger partial charge >= 0.3 is 0 Å². The van der Waals surface area contributed by atoms with Crippen LogP contribution in [0.15, 0.2) is 0 Å². The van der Waals surface area contributed by atoms with E-state index >= 15 is 0 Å². The minimum atomic E-state index is -2.56. The molecule has 0 atom stereocenters. The number of hydrogen-bond acceptors (Lipinski definition) is 0. The topological polar surface area (TPSA) is 0 Å². The van der Waals surface area contributed by atoms with Gasteiger partial charge in [0.2, 0.25) is 0 Å². The molecule has 0 amide bonds. The first kappa shape index (κ1) is 8.88. The minimum Gasteiger partial charge on any atom is -0.0715 e. The zero-order chi connectivity index (χ0) is 18.6. The second kappa shape index (κ2) is 4.52. The molecule has 0 aliphatic heterocycles. The van der Waals surface area contributed by atoms with E-state index in [4.69, 9.17) is 8.22 Å². The van der Waals surface area contributed by atoms with Crippen LogP contribution in [-0.2, 0) is 0 Å². The molecule has 97 valence electrons. The van der Waals surface area contributed by atoms with Crippen LogP contribution in [0.2, 0.25) is 75.8 Å². The van der Waals surface area contributed by atoms with Crippen LogP contribution in [0, 0.1) is 0 Å². The third kappa shape index (κ3) is 2.49. The van der Waals surface area contributed by atoms with Gasteiger partial charge in [-0.3, -0.25) is 0 Å². The van der Waals surface area contributed by atoms with Gasteiger partial charge in [0.1, 0.15) is 0 Å². The van der Waals surface area contributed by atoms with E-state index < -0.39 is 49.9 Å². The fourth-order valence-electron chi connectivity index (χ4n) is 4.50. The Morgan fingerprint density at radius 2 is 0.938 bits per heavy atom. The Bertz CT molecular complexity index is 344. The second-order valence-electron chi connectivity index (χ2n) is 7.88. The van der Waals surface area contributed by atoms with Crippen molar-refractivity contribution < 1.29 is 8.22 Å². The van der Waals surface area contributed by atoms with Crippen LogP contribution < -0.4 is 0 Å². The van der Waals surface area contributed by atoms with Gasteiger partial charge in [0.25, 0.3) is 0 Å². The fraction of sp³-hybridized carbons (Fsp3) is 1.00. The molecule has 0 rings (SSSR count). The van der Waals surface area contributed by atoms with Gasteiger partial charge in [-0.05, 0) is 3.91 Å². The van der Waals surface area contributed by atoms with Crippen LogP contribution in [-0.4, -0.2) is 33.0 Å². The maximum absolute atomic E-state index is 8.13. The van der Waals surface area contributed by atoms with Gasteiger partial charge in [0, 0.05) is 41.2 Å². The number of rotatable bonds is 4. The summed E-state index contributed by atoms with van der Waals surface area (Å²) in [5.74, 6) is 0. The smallest absolute Gasteiger partial charge is 0.0423 e. The highest BCUT2D eigenvalue weighted by molar-refractivity contribution is 7.25. The Balaban J connectivity index is 7.05. The van der Waals surface area contributed by atoms with Crippen molar-refractivity contribution in [1.29, 1.82) is 0 Å². The maximum Gasteiger partial charge on any atom is 0.0423 e. The van der Waals surface area contributed by atoms with Crippen LogP contribution >= 0.6 is 0 Å². The third-order valence-corrected chi connectivity index (χ3v) is 33.8. The highest BCUT2D eigenvalue weighted by Crippen LogP contribution is 2.55. The molecule has 0 aromatic carbocycles. The summed E-state index contributed by atoms with van der Waals surface area (Å²) in [7, 11) is -8.69. The largest absolute Gasteiger partial charge is 0.0715 e. The van der Waals surface area contributed by atoms with Gasteiger partial charge in [-0.15, -0.1) is 0 Å². The van der Waals surface area contributed by atoms with E-state index in [2.05, 4.69) is 58.9 Å². The lowest BCUT2D eigenvalue weighted by atomic mass is 11.6. The zero-order valence-electron chi connectivity index (χ0n) is 18.5. The predicted octanol–water partition coefficient (Wildman–Crippen LogP) is 5.11. The Hall–Kier alpha value is 0.868. The molecular weight excluding hydrogens is 256 g/mol. The summed E-state index contributed by atoms with van der Waals surface area (Å²) in [6.07, 6.45) is 0. The Morgan fingerprint density at radius 3 is 1.00 bits per heavy atom. The van der Waals surface area contributed by atoms with Gasteiger partial charge in [0.05, 0.1) is 0 Å². The summed E-state index contributed by atoms with van der Waals surface area (Å²) in [6.45, 7) is 15.1. The highest BCUT2D eigenvalue weighted by Gasteiger charge is 2.61. The molecule has 0 N–H and O–H groups in total. The Morgan fingerprint density at radius 1 is 0.688 bits per heavy atom. The lowest BCUT2D eigenvalue weighted by molar-refractivity contribution is 1.20. The first-order chi connectivity index (χ1) is 9.12. The van der Waals surface area contributed by atoms with Crippen molar-refractivity contribution in [3.8, 4) is 0 Å². The van der Waals surface area contributed by atoms with E-state index in [1.165, 1.54) is 0 Å². The van der Waals surface area contributed by atoms with Crippen molar-refractivity contribution >= 4 is 33.0 Å². The molecule has 16 heavy (non-hydrogen) atoms. The molecular formula is C12H33Si4. The molecule has 0 aliphatic rings. The Kier molecular flexibility index (Phi) is 2.51. The molecule has 0 heterocycles. The van der Waals surface area contributed by atoms with Gasteiger partial charge in [-0.1, -0.05) is 71.9 Å². The highest BCUT2D eigenvalue weighted by atomic mass is 28.5. The summed E-state index contributed by atoms with van der Waals surface area (Å²) in [4.78, 5) is 0. The Labute approximate surface area is 117 Å². The monoisotopic (exact) mass is 295 g/mol. The van der Waals surface area contributed by atoms with E-state index in [1.807, 2.05) is 0 Å². The lowest BCUT2D eigenvalue weighted by Gasteiger charge is -2.61. The standard InChI is InChI=1S/C12H33Si4/c1-13(2)12(14(3,4)5,15(6,7)8)16(9,10)11/h1-11H3/i1D3,2D3. The molecule has 4 heteroatoms. The lowest BCUT2D eigenvalue weighted by Crippen LogP contribution is -2.70. The van der Waals surface area contributed by atoms with Crippen LogP contribution in [0.3, 0.4) is 0 Å². The first-order valence-corrected chi connectivity index (χ1v) is 18.0. The van der Waals surface area contributed by atoms with Crippen molar-refractivity contribution in [3.63, 3.8) is 0 Å². The molecule has 0 aromatic heterocycles. The molecule has 0 unspecified atom stereocenters. The average Bonchev–Trinajstić information content (AvgIpc) is 2.02. The molecule has 1 radical (unpaired) electrons.